The smallest absolute Gasteiger partial charge is 0.251 e. The lowest BCUT2D eigenvalue weighted by molar-refractivity contribution is 0.0692. The summed E-state index contributed by atoms with van der Waals surface area (Å²) in [6.45, 7) is 2.04. The van der Waals surface area contributed by atoms with Crippen LogP contribution in [0.1, 0.15) is 10.4 Å². The van der Waals surface area contributed by atoms with Gasteiger partial charge in [-0.3, -0.25) is 4.79 Å². The van der Waals surface area contributed by atoms with Crippen molar-refractivity contribution in [3.8, 4) is 0 Å². The van der Waals surface area contributed by atoms with Crippen LogP contribution >= 0.6 is 15.9 Å². The number of hydrogen-bond donors (Lipinski definition) is 1. The molecule has 0 spiro atoms. The van der Waals surface area contributed by atoms with Gasteiger partial charge in [0.05, 0.1) is 19.8 Å². The Morgan fingerprint density at radius 1 is 1.47 bits per heavy atom. The van der Waals surface area contributed by atoms with E-state index in [1.54, 1.807) is 25.4 Å². The number of pyridine rings is 1. The van der Waals surface area contributed by atoms with Gasteiger partial charge in [-0.05, 0) is 28.1 Å². The topological polar surface area (TPSA) is 60.5 Å². The Bertz CT molecular complexity index is 360. The summed E-state index contributed by atoms with van der Waals surface area (Å²) in [5, 5.41) is 2.75. The lowest BCUT2D eigenvalue weighted by atomic mass is 10.2. The summed E-state index contributed by atoms with van der Waals surface area (Å²) in [4.78, 5) is 15.6. The first-order chi connectivity index (χ1) is 8.24. The minimum absolute atomic E-state index is 0.136. The molecule has 0 saturated heterocycles. The highest BCUT2D eigenvalue weighted by atomic mass is 79.9. The minimum Gasteiger partial charge on any atom is -0.382 e. The second kappa shape index (κ2) is 8.16. The van der Waals surface area contributed by atoms with E-state index in [9.17, 15) is 4.79 Å². The average Bonchev–Trinajstić information content (AvgIpc) is 2.33. The molecule has 0 saturated carbocycles. The van der Waals surface area contributed by atoms with Crippen LogP contribution in [-0.4, -0.2) is 44.4 Å². The molecule has 0 atom stereocenters. The largest absolute Gasteiger partial charge is 0.382 e. The molecule has 1 aromatic rings. The second-order valence-corrected chi connectivity index (χ2v) is 4.04. The van der Waals surface area contributed by atoms with Crippen molar-refractivity contribution in [2.75, 3.05) is 33.5 Å². The third-order valence-corrected chi connectivity index (χ3v) is 2.39. The molecular formula is C11H15BrN2O3. The van der Waals surface area contributed by atoms with Gasteiger partial charge >= 0.3 is 0 Å². The second-order valence-electron chi connectivity index (χ2n) is 3.23. The number of aromatic nitrogens is 1. The van der Waals surface area contributed by atoms with Crippen molar-refractivity contribution < 1.29 is 14.3 Å². The molecule has 6 heteroatoms. The van der Waals surface area contributed by atoms with Gasteiger partial charge in [0.25, 0.3) is 5.91 Å². The Kier molecular flexibility index (Phi) is 6.76. The van der Waals surface area contributed by atoms with Gasteiger partial charge in [-0.15, -0.1) is 0 Å². The predicted octanol–water partition coefficient (Wildman–Crippen LogP) is 1.24. The fourth-order valence-corrected chi connectivity index (χ4v) is 1.49. The third-order valence-electron chi connectivity index (χ3n) is 1.95. The monoisotopic (exact) mass is 302 g/mol. The maximum Gasteiger partial charge on any atom is 0.251 e. The highest BCUT2D eigenvalue weighted by Gasteiger charge is 2.04. The van der Waals surface area contributed by atoms with E-state index in [4.69, 9.17) is 9.47 Å². The molecular weight excluding hydrogens is 288 g/mol. The van der Waals surface area contributed by atoms with Crippen molar-refractivity contribution >= 4 is 21.8 Å². The predicted molar refractivity (Wildman–Crippen MR) is 67.0 cm³/mol. The number of carbonyl (C=O) groups excluding carboxylic acids is 1. The van der Waals surface area contributed by atoms with E-state index in [2.05, 4.69) is 26.2 Å². The Labute approximate surface area is 109 Å². The van der Waals surface area contributed by atoms with E-state index in [-0.39, 0.29) is 5.91 Å². The van der Waals surface area contributed by atoms with Crippen molar-refractivity contribution in [3.63, 3.8) is 0 Å². The van der Waals surface area contributed by atoms with Crippen LogP contribution in [0.25, 0.3) is 0 Å². The number of hydrogen-bond acceptors (Lipinski definition) is 4. The molecule has 0 aliphatic heterocycles. The number of ether oxygens (including phenoxy) is 2. The standard InChI is InChI=1S/C11H15BrN2O3/c1-16-6-7-17-5-4-14-11(15)9-2-3-13-10(12)8-9/h2-3,8H,4-7H2,1H3,(H,14,15). The van der Waals surface area contributed by atoms with Gasteiger partial charge in [0.2, 0.25) is 0 Å². The number of methoxy groups -OCH3 is 1. The third kappa shape index (κ3) is 5.76. The summed E-state index contributed by atoms with van der Waals surface area (Å²) in [5.41, 5.74) is 0.573. The Morgan fingerprint density at radius 2 is 2.29 bits per heavy atom. The van der Waals surface area contributed by atoms with Crippen LogP contribution in [0, 0.1) is 0 Å². The molecule has 17 heavy (non-hydrogen) atoms. The normalized spacial score (nSPS) is 10.2. The van der Waals surface area contributed by atoms with Crippen molar-refractivity contribution in [1.82, 2.24) is 10.3 Å². The van der Waals surface area contributed by atoms with Crippen LogP contribution in [0.3, 0.4) is 0 Å². The van der Waals surface area contributed by atoms with E-state index in [0.29, 0.717) is 36.5 Å². The van der Waals surface area contributed by atoms with E-state index >= 15 is 0 Å². The number of amides is 1. The fraction of sp³-hybridized carbons (Fsp3) is 0.455. The van der Waals surface area contributed by atoms with Crippen LogP contribution in [-0.2, 0) is 9.47 Å². The zero-order chi connectivity index (χ0) is 12.5. The molecule has 1 amide bonds. The lowest BCUT2D eigenvalue weighted by Gasteiger charge is -2.06. The van der Waals surface area contributed by atoms with Crippen LogP contribution in [0.2, 0.25) is 0 Å². The summed E-state index contributed by atoms with van der Waals surface area (Å²) < 4.78 is 10.7. The highest BCUT2D eigenvalue weighted by Crippen LogP contribution is 2.07. The molecule has 0 aromatic carbocycles. The first-order valence-corrected chi connectivity index (χ1v) is 6.00. The molecule has 1 rings (SSSR count). The molecule has 1 N–H and O–H groups in total. The van der Waals surface area contributed by atoms with E-state index in [0.717, 1.165) is 0 Å². The SMILES string of the molecule is COCCOCCNC(=O)c1ccnc(Br)c1. The lowest BCUT2D eigenvalue weighted by Crippen LogP contribution is -2.27. The van der Waals surface area contributed by atoms with E-state index in [1.165, 1.54) is 0 Å². The van der Waals surface area contributed by atoms with Gasteiger partial charge in [0.1, 0.15) is 4.60 Å². The Hall–Kier alpha value is -0.980. The molecule has 5 nitrogen and oxygen atoms in total. The van der Waals surface area contributed by atoms with Gasteiger partial charge in [0, 0.05) is 25.4 Å². The Morgan fingerprint density at radius 3 is 3.00 bits per heavy atom. The molecule has 0 aliphatic rings. The van der Waals surface area contributed by atoms with Gasteiger partial charge in [-0.25, -0.2) is 4.98 Å². The molecule has 0 aliphatic carbocycles. The van der Waals surface area contributed by atoms with Crippen LogP contribution in [0.5, 0.6) is 0 Å². The fourth-order valence-electron chi connectivity index (χ4n) is 1.13. The summed E-state index contributed by atoms with van der Waals surface area (Å²) >= 11 is 3.21. The number of nitrogens with zero attached hydrogens (tertiary/aromatic N) is 1. The molecule has 1 heterocycles. The number of halogens is 1. The first-order valence-electron chi connectivity index (χ1n) is 5.20. The maximum atomic E-state index is 11.6. The zero-order valence-electron chi connectivity index (χ0n) is 9.61. The molecule has 0 fully saturated rings. The number of rotatable bonds is 7. The minimum atomic E-state index is -0.136. The van der Waals surface area contributed by atoms with Crippen molar-refractivity contribution in [1.29, 1.82) is 0 Å². The van der Waals surface area contributed by atoms with E-state index in [1.807, 2.05) is 0 Å². The number of carbonyl (C=O) groups is 1. The molecule has 1 aromatic heterocycles. The number of nitrogens with one attached hydrogen (secondary N) is 1. The summed E-state index contributed by atoms with van der Waals surface area (Å²) in [7, 11) is 1.62. The molecule has 0 bridgehead atoms. The van der Waals surface area contributed by atoms with E-state index < -0.39 is 0 Å². The van der Waals surface area contributed by atoms with Crippen molar-refractivity contribution in [3.05, 3.63) is 28.5 Å². The Balaban J connectivity index is 2.21. The zero-order valence-corrected chi connectivity index (χ0v) is 11.2. The highest BCUT2D eigenvalue weighted by molar-refractivity contribution is 9.10. The van der Waals surface area contributed by atoms with Crippen molar-refractivity contribution in [2.24, 2.45) is 0 Å². The maximum absolute atomic E-state index is 11.6. The van der Waals surface area contributed by atoms with Gasteiger partial charge in [-0.1, -0.05) is 0 Å². The first kappa shape index (κ1) is 14.1. The molecule has 94 valence electrons. The average molecular weight is 303 g/mol. The van der Waals surface area contributed by atoms with Crippen LogP contribution in [0.15, 0.2) is 22.9 Å². The molecule has 0 unspecified atom stereocenters. The quantitative estimate of drug-likeness (QED) is 0.608. The summed E-state index contributed by atoms with van der Waals surface area (Å²) in [5.74, 6) is -0.136. The van der Waals surface area contributed by atoms with Crippen molar-refractivity contribution in [2.45, 2.75) is 0 Å². The molecule has 0 radical (unpaired) electrons. The summed E-state index contributed by atoms with van der Waals surface area (Å²) in [6, 6.07) is 3.33. The van der Waals surface area contributed by atoms with Gasteiger partial charge in [0.15, 0.2) is 0 Å². The van der Waals surface area contributed by atoms with Gasteiger partial charge < -0.3 is 14.8 Å². The van der Waals surface area contributed by atoms with Crippen LogP contribution in [0.4, 0.5) is 0 Å². The van der Waals surface area contributed by atoms with Gasteiger partial charge in [-0.2, -0.15) is 0 Å². The van der Waals surface area contributed by atoms with Crippen LogP contribution < -0.4 is 5.32 Å². The summed E-state index contributed by atoms with van der Waals surface area (Å²) in [6.07, 6.45) is 1.58.